The van der Waals surface area contributed by atoms with Gasteiger partial charge in [-0.3, -0.25) is 9.36 Å². The number of likely N-dealkylation sites (N-methyl/N-ethyl adjacent to an activating group) is 1. The van der Waals surface area contributed by atoms with Crippen LogP contribution in [0.25, 0.3) is 33.2 Å². The van der Waals surface area contributed by atoms with Crippen LogP contribution in [-0.2, 0) is 6.54 Å². The Hall–Kier alpha value is -4.15. The Morgan fingerprint density at radius 1 is 1.14 bits per heavy atom. The molecule has 2 aliphatic heterocycles. The second-order valence-electron chi connectivity index (χ2n) is 9.92. The number of imidazole rings is 1. The first-order chi connectivity index (χ1) is 17.5. The van der Waals surface area contributed by atoms with Gasteiger partial charge in [-0.05, 0) is 62.3 Å². The molecule has 0 unspecified atom stereocenters. The molecule has 0 N–H and O–H groups in total. The molecule has 4 aromatic rings. The number of carbonyl (C=O) groups is 1. The van der Waals surface area contributed by atoms with Gasteiger partial charge in [-0.2, -0.15) is 0 Å². The zero-order valence-electron chi connectivity index (χ0n) is 20.6. The van der Waals surface area contributed by atoms with E-state index >= 15 is 0 Å². The number of benzene rings is 2. The van der Waals surface area contributed by atoms with E-state index in [4.69, 9.17) is 6.57 Å². The van der Waals surface area contributed by atoms with E-state index in [9.17, 15) is 4.79 Å². The van der Waals surface area contributed by atoms with Crippen molar-refractivity contribution < 1.29 is 4.79 Å². The van der Waals surface area contributed by atoms with Crippen LogP contribution in [0.15, 0.2) is 67.1 Å². The minimum absolute atomic E-state index is 0.116. The summed E-state index contributed by atoms with van der Waals surface area (Å²) in [6.45, 7) is 9.56. The van der Waals surface area contributed by atoms with Gasteiger partial charge in [0.25, 0.3) is 5.91 Å². The standard InChI is InChI=1S/C29H28N6O/c1-30-24-9-6-20(7-10-24)22-16-27-28-31-12-14-35(28)26-11-8-21(15-23(26)18-33(27)17-22)29(36)34-13-4-5-25(34)19-32(2)3/h6-12,14-17,25H,4-5,13,18-19H2,2-3H3/t25-/m1/s1. The first-order valence-electron chi connectivity index (χ1n) is 12.3. The summed E-state index contributed by atoms with van der Waals surface area (Å²) in [7, 11) is 4.13. The maximum Gasteiger partial charge on any atom is 0.254 e. The molecule has 0 saturated carbocycles. The first-order valence-corrected chi connectivity index (χ1v) is 12.3. The van der Waals surface area contributed by atoms with Crippen LogP contribution in [0.5, 0.6) is 0 Å². The fourth-order valence-corrected chi connectivity index (χ4v) is 5.55. The zero-order chi connectivity index (χ0) is 24.8. The molecular formula is C29H28N6O. The van der Waals surface area contributed by atoms with Gasteiger partial charge in [-0.25, -0.2) is 9.83 Å². The highest BCUT2D eigenvalue weighted by Gasteiger charge is 2.30. The normalized spacial score (nSPS) is 16.3. The first kappa shape index (κ1) is 22.3. The minimum atomic E-state index is 0.116. The summed E-state index contributed by atoms with van der Waals surface area (Å²) in [5.74, 6) is 0.994. The van der Waals surface area contributed by atoms with Gasteiger partial charge < -0.3 is 14.4 Å². The highest BCUT2D eigenvalue weighted by molar-refractivity contribution is 5.95. The van der Waals surface area contributed by atoms with Crippen molar-refractivity contribution >= 4 is 11.6 Å². The van der Waals surface area contributed by atoms with Gasteiger partial charge in [0.1, 0.15) is 0 Å². The number of carbonyl (C=O) groups excluding carboxylic acids is 1. The zero-order valence-corrected chi connectivity index (χ0v) is 20.6. The molecule has 4 heterocycles. The number of amides is 1. The maximum absolute atomic E-state index is 13.6. The third kappa shape index (κ3) is 3.80. The summed E-state index contributed by atoms with van der Waals surface area (Å²) in [4.78, 5) is 25.9. The summed E-state index contributed by atoms with van der Waals surface area (Å²) in [6.07, 6.45) is 8.05. The molecular weight excluding hydrogens is 448 g/mol. The topological polar surface area (TPSA) is 50.7 Å². The van der Waals surface area contributed by atoms with Crippen LogP contribution in [-0.4, -0.2) is 63.1 Å². The van der Waals surface area contributed by atoms with Gasteiger partial charge in [0.15, 0.2) is 11.5 Å². The quantitative estimate of drug-likeness (QED) is 0.340. The van der Waals surface area contributed by atoms with Crippen molar-refractivity contribution in [2.75, 3.05) is 27.2 Å². The molecule has 0 spiro atoms. The average molecular weight is 477 g/mol. The van der Waals surface area contributed by atoms with Gasteiger partial charge in [-0.1, -0.05) is 24.3 Å². The molecule has 6 rings (SSSR count). The average Bonchev–Trinajstić information content (AvgIpc) is 3.62. The molecule has 36 heavy (non-hydrogen) atoms. The van der Waals surface area contributed by atoms with Crippen molar-refractivity contribution in [3.05, 3.63) is 89.7 Å². The molecule has 2 aliphatic rings. The van der Waals surface area contributed by atoms with Crippen LogP contribution in [0, 0.1) is 6.57 Å². The maximum atomic E-state index is 13.6. The lowest BCUT2D eigenvalue weighted by Gasteiger charge is -2.27. The summed E-state index contributed by atoms with van der Waals surface area (Å²) in [5.41, 5.74) is 6.68. The molecule has 1 fully saturated rings. The van der Waals surface area contributed by atoms with Crippen molar-refractivity contribution in [3.8, 4) is 28.3 Å². The lowest BCUT2D eigenvalue weighted by Crippen LogP contribution is -2.41. The SMILES string of the molecule is [C-]#[N+]c1ccc(-c2cc3n(c2)Cc2cc(C(=O)N4CCC[C@@H]4CN(C)C)ccc2-n2ccnc2-3)cc1. The molecule has 7 nitrogen and oxygen atoms in total. The van der Waals surface area contributed by atoms with E-state index in [0.717, 1.165) is 65.4 Å². The summed E-state index contributed by atoms with van der Waals surface area (Å²) in [6, 6.07) is 16.2. The van der Waals surface area contributed by atoms with Crippen molar-refractivity contribution in [1.82, 2.24) is 23.9 Å². The second kappa shape index (κ2) is 8.81. The molecule has 0 radical (unpaired) electrons. The van der Waals surface area contributed by atoms with Gasteiger partial charge in [-0.15, -0.1) is 0 Å². The predicted octanol–water partition coefficient (Wildman–Crippen LogP) is 5.09. The van der Waals surface area contributed by atoms with E-state index in [1.807, 2.05) is 47.6 Å². The van der Waals surface area contributed by atoms with Crippen LogP contribution < -0.4 is 0 Å². The Bertz CT molecular complexity index is 1490. The highest BCUT2D eigenvalue weighted by Crippen LogP contribution is 2.35. The monoisotopic (exact) mass is 476 g/mol. The summed E-state index contributed by atoms with van der Waals surface area (Å²) < 4.78 is 4.32. The third-order valence-corrected chi connectivity index (χ3v) is 7.24. The van der Waals surface area contributed by atoms with E-state index in [1.54, 1.807) is 0 Å². The minimum Gasteiger partial charge on any atom is -0.340 e. The fraction of sp³-hybridized carbons (Fsp3) is 0.276. The van der Waals surface area contributed by atoms with Gasteiger partial charge in [0, 0.05) is 55.4 Å². The Kier molecular flexibility index (Phi) is 5.46. The lowest BCUT2D eigenvalue weighted by atomic mass is 10.1. The van der Waals surface area contributed by atoms with Gasteiger partial charge >= 0.3 is 0 Å². The Morgan fingerprint density at radius 3 is 2.75 bits per heavy atom. The van der Waals surface area contributed by atoms with E-state index < -0.39 is 0 Å². The predicted molar refractivity (Wildman–Crippen MR) is 140 cm³/mol. The number of hydrogen-bond acceptors (Lipinski definition) is 3. The highest BCUT2D eigenvalue weighted by atomic mass is 16.2. The summed E-state index contributed by atoms with van der Waals surface area (Å²) in [5, 5.41) is 0. The molecule has 1 atom stereocenters. The van der Waals surface area contributed by atoms with Crippen molar-refractivity contribution in [3.63, 3.8) is 0 Å². The third-order valence-electron chi connectivity index (χ3n) is 7.24. The smallest absolute Gasteiger partial charge is 0.254 e. The molecule has 2 aromatic heterocycles. The van der Waals surface area contributed by atoms with E-state index in [2.05, 4.69) is 62.4 Å². The fourth-order valence-electron chi connectivity index (χ4n) is 5.55. The van der Waals surface area contributed by atoms with E-state index in [0.29, 0.717) is 12.2 Å². The van der Waals surface area contributed by atoms with Gasteiger partial charge in [0.2, 0.25) is 0 Å². The van der Waals surface area contributed by atoms with Crippen molar-refractivity contribution in [2.24, 2.45) is 0 Å². The lowest BCUT2D eigenvalue weighted by molar-refractivity contribution is 0.0716. The number of aromatic nitrogens is 3. The Labute approximate surface area is 211 Å². The molecule has 1 saturated heterocycles. The van der Waals surface area contributed by atoms with Crippen LogP contribution in [0.2, 0.25) is 0 Å². The van der Waals surface area contributed by atoms with Crippen LogP contribution in [0.4, 0.5) is 5.69 Å². The Morgan fingerprint density at radius 2 is 1.97 bits per heavy atom. The Balaban J connectivity index is 1.37. The number of hydrogen-bond donors (Lipinski definition) is 0. The molecule has 0 aliphatic carbocycles. The molecule has 180 valence electrons. The van der Waals surface area contributed by atoms with Gasteiger partial charge in [0.05, 0.1) is 18.0 Å². The molecule has 2 aromatic carbocycles. The van der Waals surface area contributed by atoms with Crippen LogP contribution in [0.3, 0.4) is 0 Å². The molecule has 7 heteroatoms. The largest absolute Gasteiger partial charge is 0.340 e. The number of likely N-dealkylation sites (tertiary alicyclic amines) is 1. The van der Waals surface area contributed by atoms with Crippen molar-refractivity contribution in [1.29, 1.82) is 0 Å². The van der Waals surface area contributed by atoms with Crippen molar-refractivity contribution in [2.45, 2.75) is 25.4 Å². The molecule has 0 bridgehead atoms. The van der Waals surface area contributed by atoms with Crippen LogP contribution >= 0.6 is 0 Å². The van der Waals surface area contributed by atoms with Crippen LogP contribution in [0.1, 0.15) is 28.8 Å². The number of fused-ring (bicyclic) bond motifs is 5. The second-order valence-corrected chi connectivity index (χ2v) is 9.92. The summed E-state index contributed by atoms with van der Waals surface area (Å²) >= 11 is 0. The van der Waals surface area contributed by atoms with E-state index in [1.165, 1.54) is 0 Å². The van der Waals surface area contributed by atoms with E-state index in [-0.39, 0.29) is 11.9 Å². The molecule has 1 amide bonds. The number of nitrogens with zero attached hydrogens (tertiary/aromatic N) is 6. The number of rotatable bonds is 4.